The standard InChI is InChI=1S/C12H23N3O2S/c1-2-3-4-7-11(16)14-15-12(18)13-9-10-6-5-8-17-10/h10H,2-9H2,1H3,(H,14,16)(H2,13,15,18)/t10-/m0/s1. The SMILES string of the molecule is CCCCCC(=O)NNC(=S)NC[C@@H]1CCCO1. The van der Waals surface area contributed by atoms with Gasteiger partial charge in [0.05, 0.1) is 6.10 Å². The van der Waals surface area contributed by atoms with Gasteiger partial charge in [-0.1, -0.05) is 19.8 Å². The molecule has 0 unspecified atom stereocenters. The van der Waals surface area contributed by atoms with Crippen LogP contribution >= 0.6 is 12.2 Å². The quantitative estimate of drug-likeness (QED) is 0.386. The van der Waals surface area contributed by atoms with Crippen molar-refractivity contribution >= 4 is 23.2 Å². The van der Waals surface area contributed by atoms with Gasteiger partial charge in [0.25, 0.3) is 0 Å². The number of hydrogen-bond acceptors (Lipinski definition) is 3. The van der Waals surface area contributed by atoms with Gasteiger partial charge in [-0.25, -0.2) is 0 Å². The zero-order valence-electron chi connectivity index (χ0n) is 11.0. The van der Waals surface area contributed by atoms with Gasteiger partial charge in [0, 0.05) is 19.6 Å². The number of rotatable bonds is 6. The van der Waals surface area contributed by atoms with Crippen LogP contribution in [0.25, 0.3) is 0 Å². The summed E-state index contributed by atoms with van der Waals surface area (Å²) in [7, 11) is 0. The fourth-order valence-electron chi connectivity index (χ4n) is 1.78. The number of amides is 1. The van der Waals surface area contributed by atoms with Crippen LogP contribution in [0, 0.1) is 0 Å². The Bertz CT molecular complexity index is 268. The summed E-state index contributed by atoms with van der Waals surface area (Å²) in [5, 5.41) is 3.47. The number of thiocarbonyl (C=S) groups is 1. The molecule has 1 rings (SSSR count). The molecule has 1 fully saturated rings. The van der Waals surface area contributed by atoms with Crippen molar-refractivity contribution in [1.82, 2.24) is 16.2 Å². The lowest BCUT2D eigenvalue weighted by molar-refractivity contribution is -0.121. The fourth-order valence-corrected chi connectivity index (χ4v) is 1.91. The monoisotopic (exact) mass is 273 g/mol. The molecular formula is C12H23N3O2S. The molecule has 0 spiro atoms. The highest BCUT2D eigenvalue weighted by atomic mass is 32.1. The summed E-state index contributed by atoms with van der Waals surface area (Å²) in [5.74, 6) is -0.0234. The predicted octanol–water partition coefficient (Wildman–Crippen LogP) is 1.24. The third kappa shape index (κ3) is 6.76. The Morgan fingerprint density at radius 3 is 2.89 bits per heavy atom. The summed E-state index contributed by atoms with van der Waals surface area (Å²) in [4.78, 5) is 11.4. The molecule has 0 aromatic heterocycles. The first kappa shape index (κ1) is 15.2. The van der Waals surface area contributed by atoms with Crippen LogP contribution in [-0.4, -0.2) is 30.3 Å². The number of unbranched alkanes of at least 4 members (excludes halogenated alkanes) is 2. The molecule has 1 amide bonds. The molecule has 5 nitrogen and oxygen atoms in total. The molecule has 0 saturated carbocycles. The number of ether oxygens (including phenoxy) is 1. The van der Waals surface area contributed by atoms with Gasteiger partial charge in [-0.2, -0.15) is 0 Å². The van der Waals surface area contributed by atoms with Crippen LogP contribution in [0.3, 0.4) is 0 Å². The van der Waals surface area contributed by atoms with E-state index in [0.29, 0.717) is 18.1 Å². The maximum atomic E-state index is 11.4. The summed E-state index contributed by atoms with van der Waals surface area (Å²) in [6, 6.07) is 0. The summed E-state index contributed by atoms with van der Waals surface area (Å²) in [5.41, 5.74) is 5.28. The molecule has 6 heteroatoms. The summed E-state index contributed by atoms with van der Waals surface area (Å²) >= 11 is 5.05. The van der Waals surface area contributed by atoms with E-state index in [4.69, 9.17) is 17.0 Å². The lowest BCUT2D eigenvalue weighted by Gasteiger charge is -2.14. The first-order valence-electron chi connectivity index (χ1n) is 6.66. The van der Waals surface area contributed by atoms with Crippen LogP contribution in [0.5, 0.6) is 0 Å². The van der Waals surface area contributed by atoms with Crippen LogP contribution in [0.1, 0.15) is 45.4 Å². The van der Waals surface area contributed by atoms with Crippen molar-refractivity contribution < 1.29 is 9.53 Å². The second-order valence-corrected chi connectivity index (χ2v) is 4.88. The predicted molar refractivity (Wildman–Crippen MR) is 75.0 cm³/mol. The Morgan fingerprint density at radius 2 is 2.22 bits per heavy atom. The molecule has 18 heavy (non-hydrogen) atoms. The molecule has 0 aromatic carbocycles. The Balaban J connectivity index is 1.99. The van der Waals surface area contributed by atoms with Crippen molar-refractivity contribution in [3.8, 4) is 0 Å². The van der Waals surface area contributed by atoms with Crippen LogP contribution in [-0.2, 0) is 9.53 Å². The first-order valence-corrected chi connectivity index (χ1v) is 7.07. The zero-order valence-corrected chi connectivity index (χ0v) is 11.8. The molecule has 3 N–H and O–H groups in total. The van der Waals surface area contributed by atoms with Crippen LogP contribution in [0.4, 0.5) is 0 Å². The summed E-state index contributed by atoms with van der Waals surface area (Å²) in [6.45, 7) is 3.64. The van der Waals surface area contributed by atoms with Gasteiger partial charge >= 0.3 is 0 Å². The molecule has 104 valence electrons. The van der Waals surface area contributed by atoms with E-state index in [1.807, 2.05) is 0 Å². The molecule has 0 bridgehead atoms. The molecule has 1 heterocycles. The third-order valence-corrected chi connectivity index (χ3v) is 3.08. The minimum Gasteiger partial charge on any atom is -0.376 e. The Labute approximate surface area is 114 Å². The Morgan fingerprint density at radius 1 is 1.39 bits per heavy atom. The van der Waals surface area contributed by atoms with E-state index in [0.717, 1.165) is 38.7 Å². The number of hydrogen-bond donors (Lipinski definition) is 3. The molecule has 1 aliphatic heterocycles. The van der Waals surface area contributed by atoms with Crippen molar-refractivity contribution in [3.63, 3.8) is 0 Å². The van der Waals surface area contributed by atoms with E-state index >= 15 is 0 Å². The van der Waals surface area contributed by atoms with Gasteiger partial charge in [0.2, 0.25) is 5.91 Å². The van der Waals surface area contributed by atoms with E-state index < -0.39 is 0 Å². The van der Waals surface area contributed by atoms with Gasteiger partial charge in [0.1, 0.15) is 0 Å². The average Bonchev–Trinajstić information content (AvgIpc) is 2.87. The zero-order chi connectivity index (χ0) is 13.2. The highest BCUT2D eigenvalue weighted by molar-refractivity contribution is 7.80. The van der Waals surface area contributed by atoms with Gasteiger partial charge in [-0.05, 0) is 31.5 Å². The van der Waals surface area contributed by atoms with E-state index in [1.165, 1.54) is 0 Å². The largest absolute Gasteiger partial charge is 0.376 e. The highest BCUT2D eigenvalue weighted by Gasteiger charge is 2.15. The van der Waals surface area contributed by atoms with E-state index in [-0.39, 0.29) is 12.0 Å². The second kappa shape index (κ2) is 9.10. The topological polar surface area (TPSA) is 62.4 Å². The Kier molecular flexibility index (Phi) is 7.68. The van der Waals surface area contributed by atoms with Crippen molar-refractivity contribution in [3.05, 3.63) is 0 Å². The molecule has 0 aromatic rings. The summed E-state index contributed by atoms with van der Waals surface area (Å²) < 4.78 is 5.46. The number of hydrazine groups is 1. The van der Waals surface area contributed by atoms with Gasteiger partial charge < -0.3 is 10.1 Å². The van der Waals surface area contributed by atoms with Gasteiger partial charge in [-0.3, -0.25) is 15.6 Å². The van der Waals surface area contributed by atoms with Crippen LogP contribution < -0.4 is 16.2 Å². The maximum Gasteiger partial charge on any atom is 0.238 e. The van der Waals surface area contributed by atoms with Crippen molar-refractivity contribution in [1.29, 1.82) is 0 Å². The fraction of sp³-hybridized carbons (Fsp3) is 0.833. The normalized spacial score (nSPS) is 18.4. The van der Waals surface area contributed by atoms with Crippen LogP contribution in [0.15, 0.2) is 0 Å². The number of carbonyl (C=O) groups excluding carboxylic acids is 1. The van der Waals surface area contributed by atoms with Gasteiger partial charge in [-0.15, -0.1) is 0 Å². The van der Waals surface area contributed by atoms with E-state index in [2.05, 4.69) is 23.1 Å². The molecule has 0 radical (unpaired) electrons. The van der Waals surface area contributed by atoms with Crippen molar-refractivity contribution in [2.24, 2.45) is 0 Å². The van der Waals surface area contributed by atoms with E-state index in [9.17, 15) is 4.79 Å². The van der Waals surface area contributed by atoms with Crippen molar-refractivity contribution in [2.75, 3.05) is 13.2 Å². The average molecular weight is 273 g/mol. The Hall–Kier alpha value is -0.880. The maximum absolute atomic E-state index is 11.4. The smallest absolute Gasteiger partial charge is 0.238 e. The lowest BCUT2D eigenvalue weighted by Crippen LogP contribution is -2.48. The number of carbonyl (C=O) groups is 1. The highest BCUT2D eigenvalue weighted by Crippen LogP contribution is 2.10. The molecule has 0 aliphatic carbocycles. The number of nitrogens with one attached hydrogen (secondary N) is 3. The summed E-state index contributed by atoms with van der Waals surface area (Å²) in [6.07, 6.45) is 6.07. The molecular weight excluding hydrogens is 250 g/mol. The van der Waals surface area contributed by atoms with Gasteiger partial charge in [0.15, 0.2) is 5.11 Å². The van der Waals surface area contributed by atoms with E-state index in [1.54, 1.807) is 0 Å². The first-order chi connectivity index (χ1) is 8.72. The minimum atomic E-state index is -0.0234. The third-order valence-electron chi connectivity index (χ3n) is 2.84. The van der Waals surface area contributed by atoms with Crippen molar-refractivity contribution in [2.45, 2.75) is 51.6 Å². The van der Waals surface area contributed by atoms with Crippen LogP contribution in [0.2, 0.25) is 0 Å². The molecule has 1 saturated heterocycles. The molecule has 1 atom stereocenters. The molecule has 1 aliphatic rings. The second-order valence-electron chi connectivity index (χ2n) is 4.48. The lowest BCUT2D eigenvalue weighted by atomic mass is 10.2. The minimum absolute atomic E-state index is 0.0234.